The van der Waals surface area contributed by atoms with Gasteiger partial charge in [-0.1, -0.05) is 23.2 Å². The Bertz CT molecular complexity index is 556. The average molecular weight is 324 g/mol. The van der Waals surface area contributed by atoms with Crippen LogP contribution in [0, 0.1) is 0 Å². The van der Waals surface area contributed by atoms with Crippen molar-refractivity contribution in [2.45, 2.75) is 36.8 Å². The van der Waals surface area contributed by atoms with Crippen LogP contribution in [-0.2, 0) is 14.8 Å². The zero-order chi connectivity index (χ0) is 14.0. The van der Waals surface area contributed by atoms with Crippen LogP contribution in [0.1, 0.15) is 19.8 Å². The third-order valence-electron chi connectivity index (χ3n) is 3.05. The maximum absolute atomic E-state index is 12.3. The van der Waals surface area contributed by atoms with Crippen molar-refractivity contribution >= 4 is 33.2 Å². The van der Waals surface area contributed by atoms with Gasteiger partial charge < -0.3 is 4.74 Å². The Morgan fingerprint density at radius 2 is 2.16 bits per heavy atom. The second-order valence-corrected chi connectivity index (χ2v) is 7.06. The summed E-state index contributed by atoms with van der Waals surface area (Å²) in [6.45, 7) is 2.46. The SMILES string of the molecule is CC(NS(=O)(=O)c1cc(Cl)ccc1Cl)C1CCCO1. The zero-order valence-electron chi connectivity index (χ0n) is 10.4. The molecule has 1 heterocycles. The molecule has 0 aromatic heterocycles. The number of hydrogen-bond acceptors (Lipinski definition) is 3. The van der Waals surface area contributed by atoms with Crippen molar-refractivity contribution in [1.29, 1.82) is 0 Å². The Morgan fingerprint density at radius 3 is 2.79 bits per heavy atom. The van der Waals surface area contributed by atoms with E-state index in [4.69, 9.17) is 27.9 Å². The molecule has 1 aliphatic rings. The van der Waals surface area contributed by atoms with E-state index in [0.29, 0.717) is 11.6 Å². The van der Waals surface area contributed by atoms with Crippen molar-refractivity contribution in [2.75, 3.05) is 6.61 Å². The molecule has 2 unspecified atom stereocenters. The average Bonchev–Trinajstić information content (AvgIpc) is 2.85. The van der Waals surface area contributed by atoms with Gasteiger partial charge in [0.2, 0.25) is 10.0 Å². The lowest BCUT2D eigenvalue weighted by Gasteiger charge is -2.20. The molecule has 106 valence electrons. The van der Waals surface area contributed by atoms with E-state index in [1.165, 1.54) is 12.1 Å². The monoisotopic (exact) mass is 323 g/mol. The Hall–Kier alpha value is -0.330. The quantitative estimate of drug-likeness (QED) is 0.926. The van der Waals surface area contributed by atoms with E-state index in [9.17, 15) is 8.42 Å². The van der Waals surface area contributed by atoms with Crippen LogP contribution in [0.25, 0.3) is 0 Å². The fraction of sp³-hybridized carbons (Fsp3) is 0.500. The normalized spacial score (nSPS) is 21.5. The fourth-order valence-electron chi connectivity index (χ4n) is 2.06. The van der Waals surface area contributed by atoms with E-state index in [1.54, 1.807) is 13.0 Å². The molecule has 4 nitrogen and oxygen atoms in total. The van der Waals surface area contributed by atoms with Gasteiger partial charge in [0.25, 0.3) is 0 Å². The van der Waals surface area contributed by atoms with Crippen molar-refractivity contribution < 1.29 is 13.2 Å². The Labute approximate surface area is 123 Å². The van der Waals surface area contributed by atoms with Gasteiger partial charge in [-0.25, -0.2) is 13.1 Å². The van der Waals surface area contributed by atoms with Gasteiger partial charge in [0.15, 0.2) is 0 Å². The van der Waals surface area contributed by atoms with Crippen molar-refractivity contribution in [3.8, 4) is 0 Å². The first-order valence-electron chi connectivity index (χ1n) is 5.99. The minimum absolute atomic E-state index is 0.00786. The molecule has 1 aliphatic heterocycles. The predicted molar refractivity (Wildman–Crippen MR) is 75.2 cm³/mol. The van der Waals surface area contributed by atoms with Crippen LogP contribution in [0.2, 0.25) is 10.0 Å². The fourth-order valence-corrected chi connectivity index (χ4v) is 4.10. The molecular formula is C12H15Cl2NO3S. The number of halogens is 2. The molecule has 0 saturated carbocycles. The summed E-state index contributed by atoms with van der Waals surface area (Å²) in [7, 11) is -3.70. The van der Waals surface area contributed by atoms with E-state index in [0.717, 1.165) is 12.8 Å². The van der Waals surface area contributed by atoms with Gasteiger partial charge in [0.05, 0.1) is 11.1 Å². The van der Waals surface area contributed by atoms with Crippen LogP contribution in [0.3, 0.4) is 0 Å². The van der Waals surface area contributed by atoms with Crippen molar-refractivity contribution in [3.05, 3.63) is 28.2 Å². The van der Waals surface area contributed by atoms with E-state index in [1.807, 2.05) is 0 Å². The van der Waals surface area contributed by atoms with E-state index >= 15 is 0 Å². The maximum atomic E-state index is 12.3. The largest absolute Gasteiger partial charge is 0.377 e. The van der Waals surface area contributed by atoms with Crippen LogP contribution in [-0.4, -0.2) is 27.2 Å². The predicted octanol–water partition coefficient (Wildman–Crippen LogP) is 2.84. The Kier molecular flexibility index (Phi) is 4.74. The summed E-state index contributed by atoms with van der Waals surface area (Å²) in [4.78, 5) is -0.00786. The molecule has 0 bridgehead atoms. The molecule has 2 atom stereocenters. The molecule has 19 heavy (non-hydrogen) atoms. The highest BCUT2D eigenvalue weighted by molar-refractivity contribution is 7.89. The molecule has 0 radical (unpaired) electrons. The number of sulfonamides is 1. The molecule has 2 rings (SSSR count). The van der Waals surface area contributed by atoms with Crippen LogP contribution >= 0.6 is 23.2 Å². The molecule has 7 heteroatoms. The third-order valence-corrected chi connectivity index (χ3v) is 5.32. The molecule has 1 aromatic rings. The number of rotatable bonds is 4. The lowest BCUT2D eigenvalue weighted by atomic mass is 10.1. The number of hydrogen-bond donors (Lipinski definition) is 1. The lowest BCUT2D eigenvalue weighted by molar-refractivity contribution is 0.0902. The maximum Gasteiger partial charge on any atom is 0.242 e. The molecule has 1 saturated heterocycles. The Morgan fingerprint density at radius 1 is 1.42 bits per heavy atom. The van der Waals surface area contributed by atoms with Crippen LogP contribution < -0.4 is 4.72 Å². The third kappa shape index (κ3) is 3.61. The first-order valence-corrected chi connectivity index (χ1v) is 8.23. The summed E-state index contributed by atoms with van der Waals surface area (Å²) in [6, 6.07) is 4.05. The molecular weight excluding hydrogens is 309 g/mol. The topological polar surface area (TPSA) is 55.4 Å². The standard InChI is InChI=1S/C12H15Cl2NO3S/c1-8(11-3-2-6-18-11)15-19(16,17)12-7-9(13)4-5-10(12)14/h4-5,7-8,11,15H,2-3,6H2,1H3. The molecule has 1 N–H and O–H groups in total. The smallest absolute Gasteiger partial charge is 0.242 e. The van der Waals surface area contributed by atoms with Gasteiger partial charge in [-0.2, -0.15) is 0 Å². The van der Waals surface area contributed by atoms with Gasteiger partial charge in [-0.15, -0.1) is 0 Å². The summed E-state index contributed by atoms with van der Waals surface area (Å²) in [5.74, 6) is 0. The van der Waals surface area contributed by atoms with E-state index < -0.39 is 10.0 Å². The Balaban J connectivity index is 2.19. The number of nitrogens with one attached hydrogen (secondary N) is 1. The molecule has 0 spiro atoms. The number of benzene rings is 1. The van der Waals surface area contributed by atoms with Gasteiger partial charge in [-0.05, 0) is 38.0 Å². The molecule has 0 aliphatic carbocycles. The molecule has 0 amide bonds. The summed E-state index contributed by atoms with van der Waals surface area (Å²) >= 11 is 11.7. The second kappa shape index (κ2) is 5.97. The van der Waals surface area contributed by atoms with Crippen molar-refractivity contribution in [2.24, 2.45) is 0 Å². The van der Waals surface area contributed by atoms with Crippen molar-refractivity contribution in [1.82, 2.24) is 4.72 Å². The van der Waals surface area contributed by atoms with Crippen LogP contribution in [0.4, 0.5) is 0 Å². The second-order valence-electron chi connectivity index (χ2n) is 4.54. The lowest BCUT2D eigenvalue weighted by Crippen LogP contribution is -2.40. The summed E-state index contributed by atoms with van der Waals surface area (Å²) in [6.07, 6.45) is 1.72. The number of ether oxygens (including phenoxy) is 1. The van der Waals surface area contributed by atoms with Crippen LogP contribution in [0.15, 0.2) is 23.1 Å². The van der Waals surface area contributed by atoms with Gasteiger partial charge in [0.1, 0.15) is 4.90 Å². The van der Waals surface area contributed by atoms with E-state index in [2.05, 4.69) is 4.72 Å². The van der Waals surface area contributed by atoms with Gasteiger partial charge >= 0.3 is 0 Å². The van der Waals surface area contributed by atoms with Crippen LogP contribution in [0.5, 0.6) is 0 Å². The van der Waals surface area contributed by atoms with Crippen molar-refractivity contribution in [3.63, 3.8) is 0 Å². The molecule has 1 fully saturated rings. The minimum atomic E-state index is -3.70. The highest BCUT2D eigenvalue weighted by Crippen LogP contribution is 2.26. The summed E-state index contributed by atoms with van der Waals surface area (Å²) < 4.78 is 32.6. The van der Waals surface area contributed by atoms with Gasteiger partial charge in [-0.3, -0.25) is 0 Å². The summed E-state index contributed by atoms with van der Waals surface area (Å²) in [5.41, 5.74) is 0. The first kappa shape index (κ1) is 15.1. The highest BCUT2D eigenvalue weighted by Gasteiger charge is 2.28. The zero-order valence-corrected chi connectivity index (χ0v) is 12.7. The van der Waals surface area contributed by atoms with E-state index in [-0.39, 0.29) is 22.1 Å². The van der Waals surface area contributed by atoms with Gasteiger partial charge in [0, 0.05) is 17.7 Å². The highest BCUT2D eigenvalue weighted by atomic mass is 35.5. The molecule has 1 aromatic carbocycles. The first-order chi connectivity index (χ1) is 8.90. The summed E-state index contributed by atoms with van der Waals surface area (Å²) in [5, 5.41) is 0.478. The minimum Gasteiger partial charge on any atom is -0.377 e.